The molecule has 0 atom stereocenters. The van der Waals surface area contributed by atoms with Crippen molar-refractivity contribution in [2.75, 3.05) is 6.61 Å². The van der Waals surface area contributed by atoms with Crippen molar-refractivity contribution in [2.24, 2.45) is 0 Å². The largest absolute Gasteiger partial charge is 0.494 e. The Hall–Kier alpha value is -2.62. The highest BCUT2D eigenvalue weighted by molar-refractivity contribution is 6.32. The van der Waals surface area contributed by atoms with E-state index in [1.165, 1.54) is 5.56 Å². The van der Waals surface area contributed by atoms with Gasteiger partial charge in [0, 0.05) is 6.42 Å². The number of carboxylic acid groups (broad SMARTS) is 1. The molecule has 2 aromatic rings. The van der Waals surface area contributed by atoms with E-state index in [0.29, 0.717) is 13.0 Å². The number of ketones is 1. The van der Waals surface area contributed by atoms with Gasteiger partial charge >= 0.3 is 5.97 Å². The van der Waals surface area contributed by atoms with Gasteiger partial charge in [-0.05, 0) is 42.5 Å². The maximum Gasteiger partial charge on any atom is 0.372 e. The van der Waals surface area contributed by atoms with E-state index in [2.05, 4.69) is 12.1 Å². The zero-order chi connectivity index (χ0) is 16.5. The van der Waals surface area contributed by atoms with Crippen LogP contribution in [-0.2, 0) is 9.59 Å². The number of ether oxygens (including phenoxy) is 1. The molecule has 0 amide bonds. The fraction of sp³-hybridized carbons (Fsp3) is 0.263. The summed E-state index contributed by atoms with van der Waals surface area (Å²) in [5, 5.41) is 8.46. The number of carbonyl (C=O) groups is 2. The molecular weight excluding hydrogens is 292 g/mol. The fourth-order valence-corrected chi connectivity index (χ4v) is 2.24. The standard InChI is InChI=1S/C19H20O4/c20-18(19(21)22)9-5-2-6-14-23-17-12-10-16(11-13-17)15-7-3-1-4-8-15/h1,3-4,7-8,10-13H,2,5-6,9,14H2,(H,21,22). The number of aliphatic carboxylic acids is 1. The molecule has 120 valence electrons. The van der Waals surface area contributed by atoms with E-state index < -0.39 is 11.8 Å². The second kappa shape index (κ2) is 8.73. The summed E-state index contributed by atoms with van der Waals surface area (Å²) in [4.78, 5) is 21.3. The van der Waals surface area contributed by atoms with Crippen molar-refractivity contribution in [2.45, 2.75) is 25.7 Å². The maximum absolute atomic E-state index is 10.9. The third-order valence-corrected chi connectivity index (χ3v) is 3.52. The summed E-state index contributed by atoms with van der Waals surface area (Å²) >= 11 is 0. The summed E-state index contributed by atoms with van der Waals surface area (Å²) in [6.45, 7) is 0.561. The number of rotatable bonds is 9. The van der Waals surface area contributed by atoms with Crippen molar-refractivity contribution in [3.05, 3.63) is 54.6 Å². The zero-order valence-corrected chi connectivity index (χ0v) is 12.9. The van der Waals surface area contributed by atoms with Crippen LogP contribution < -0.4 is 4.74 Å². The number of unbranched alkanes of at least 4 members (excludes halogenated alkanes) is 2. The Labute approximate surface area is 135 Å². The number of hydrogen-bond acceptors (Lipinski definition) is 3. The first kappa shape index (κ1) is 16.7. The van der Waals surface area contributed by atoms with Crippen LogP contribution in [0.4, 0.5) is 0 Å². The minimum Gasteiger partial charge on any atom is -0.494 e. The fourth-order valence-electron chi connectivity index (χ4n) is 2.24. The molecule has 0 bridgehead atoms. The number of carbonyl (C=O) groups excluding carboxylic acids is 1. The summed E-state index contributed by atoms with van der Waals surface area (Å²) in [7, 11) is 0. The van der Waals surface area contributed by atoms with Crippen molar-refractivity contribution >= 4 is 11.8 Å². The Morgan fingerprint density at radius 2 is 1.48 bits per heavy atom. The van der Waals surface area contributed by atoms with Crippen LogP contribution in [0.5, 0.6) is 5.75 Å². The number of Topliss-reactive ketones (excluding diaryl/α,β-unsaturated/α-hetero) is 1. The maximum atomic E-state index is 10.9. The molecule has 4 nitrogen and oxygen atoms in total. The van der Waals surface area contributed by atoms with Gasteiger partial charge in [-0.2, -0.15) is 0 Å². The molecule has 23 heavy (non-hydrogen) atoms. The van der Waals surface area contributed by atoms with Gasteiger partial charge in [0.2, 0.25) is 5.78 Å². The Kier molecular flexibility index (Phi) is 6.36. The first-order chi connectivity index (χ1) is 11.2. The molecule has 0 spiro atoms. The van der Waals surface area contributed by atoms with Crippen molar-refractivity contribution in [3.8, 4) is 16.9 Å². The Balaban J connectivity index is 1.69. The highest BCUT2D eigenvalue weighted by Gasteiger charge is 2.09. The molecule has 0 saturated heterocycles. The van der Waals surface area contributed by atoms with Crippen molar-refractivity contribution in [1.82, 2.24) is 0 Å². The summed E-state index contributed by atoms with van der Waals surface area (Å²) in [6.07, 6.45) is 2.26. The predicted octanol–water partition coefficient (Wildman–Crippen LogP) is 3.95. The van der Waals surface area contributed by atoms with Crippen LogP contribution in [0.2, 0.25) is 0 Å². The van der Waals surface area contributed by atoms with Crippen LogP contribution in [0.15, 0.2) is 54.6 Å². The van der Waals surface area contributed by atoms with Gasteiger partial charge in [0.25, 0.3) is 0 Å². The van der Waals surface area contributed by atoms with Crippen molar-refractivity contribution < 1.29 is 19.4 Å². The molecule has 4 heteroatoms. The summed E-state index contributed by atoms with van der Waals surface area (Å²) in [6, 6.07) is 18.1. The molecule has 2 rings (SSSR count). The molecule has 2 aromatic carbocycles. The van der Waals surface area contributed by atoms with Gasteiger partial charge in [-0.25, -0.2) is 4.79 Å². The molecule has 0 aliphatic heterocycles. The Morgan fingerprint density at radius 3 is 2.13 bits per heavy atom. The van der Waals surface area contributed by atoms with Gasteiger partial charge in [-0.15, -0.1) is 0 Å². The van der Waals surface area contributed by atoms with Gasteiger partial charge in [0.15, 0.2) is 0 Å². The number of carboxylic acids is 1. The monoisotopic (exact) mass is 312 g/mol. The van der Waals surface area contributed by atoms with Crippen molar-refractivity contribution in [1.29, 1.82) is 0 Å². The van der Waals surface area contributed by atoms with E-state index in [1.807, 2.05) is 42.5 Å². The molecule has 0 fully saturated rings. The van der Waals surface area contributed by atoms with Gasteiger partial charge in [0.05, 0.1) is 6.61 Å². The smallest absolute Gasteiger partial charge is 0.372 e. The third-order valence-electron chi connectivity index (χ3n) is 3.52. The van der Waals surface area contributed by atoms with E-state index in [9.17, 15) is 9.59 Å². The Bertz CT molecular complexity index is 632. The van der Waals surface area contributed by atoms with E-state index in [-0.39, 0.29) is 6.42 Å². The van der Waals surface area contributed by atoms with Crippen LogP contribution in [0.3, 0.4) is 0 Å². The minimum absolute atomic E-state index is 0.0983. The first-order valence-electron chi connectivity index (χ1n) is 7.71. The van der Waals surface area contributed by atoms with Crippen LogP contribution >= 0.6 is 0 Å². The minimum atomic E-state index is -1.35. The van der Waals surface area contributed by atoms with Crippen LogP contribution in [0, 0.1) is 0 Å². The average Bonchev–Trinajstić information content (AvgIpc) is 2.59. The van der Waals surface area contributed by atoms with Gasteiger partial charge in [-0.3, -0.25) is 4.79 Å². The highest BCUT2D eigenvalue weighted by atomic mass is 16.5. The molecule has 0 aliphatic carbocycles. The molecule has 0 aliphatic rings. The Morgan fingerprint density at radius 1 is 0.826 bits per heavy atom. The molecule has 0 heterocycles. The zero-order valence-electron chi connectivity index (χ0n) is 12.9. The molecule has 1 N–H and O–H groups in total. The second-order valence-electron chi connectivity index (χ2n) is 5.28. The lowest BCUT2D eigenvalue weighted by molar-refractivity contribution is -0.149. The topological polar surface area (TPSA) is 63.6 Å². The first-order valence-corrected chi connectivity index (χ1v) is 7.71. The lowest BCUT2D eigenvalue weighted by Crippen LogP contribution is -2.11. The van der Waals surface area contributed by atoms with Gasteiger partial charge in [-0.1, -0.05) is 42.5 Å². The summed E-state index contributed by atoms with van der Waals surface area (Å²) < 4.78 is 5.65. The molecule has 0 radical (unpaired) electrons. The number of hydrogen-bond donors (Lipinski definition) is 1. The van der Waals surface area contributed by atoms with E-state index in [0.717, 1.165) is 24.2 Å². The van der Waals surface area contributed by atoms with Gasteiger partial charge in [0.1, 0.15) is 5.75 Å². The summed E-state index contributed by atoms with van der Waals surface area (Å²) in [5.41, 5.74) is 2.31. The molecule has 0 unspecified atom stereocenters. The SMILES string of the molecule is O=C(O)C(=O)CCCCCOc1ccc(-c2ccccc2)cc1. The van der Waals surface area contributed by atoms with Gasteiger partial charge < -0.3 is 9.84 Å². The average molecular weight is 312 g/mol. The normalized spacial score (nSPS) is 10.3. The lowest BCUT2D eigenvalue weighted by Gasteiger charge is -2.07. The molecular formula is C19H20O4. The van der Waals surface area contributed by atoms with E-state index in [1.54, 1.807) is 0 Å². The van der Waals surface area contributed by atoms with Crippen LogP contribution in [-0.4, -0.2) is 23.5 Å². The number of benzene rings is 2. The molecule has 0 aromatic heterocycles. The molecule has 0 saturated carbocycles. The van der Waals surface area contributed by atoms with Crippen molar-refractivity contribution in [3.63, 3.8) is 0 Å². The third kappa shape index (κ3) is 5.58. The van der Waals surface area contributed by atoms with Crippen LogP contribution in [0.25, 0.3) is 11.1 Å². The summed E-state index contributed by atoms with van der Waals surface area (Å²) in [5.74, 6) is -1.26. The predicted molar refractivity (Wildman–Crippen MR) is 88.5 cm³/mol. The van der Waals surface area contributed by atoms with E-state index >= 15 is 0 Å². The quantitative estimate of drug-likeness (QED) is 0.562. The highest BCUT2D eigenvalue weighted by Crippen LogP contribution is 2.22. The van der Waals surface area contributed by atoms with E-state index in [4.69, 9.17) is 9.84 Å². The second-order valence-corrected chi connectivity index (χ2v) is 5.28. The van der Waals surface area contributed by atoms with Crippen LogP contribution in [0.1, 0.15) is 25.7 Å². The lowest BCUT2D eigenvalue weighted by atomic mass is 10.1.